The fourth-order valence-electron chi connectivity index (χ4n) is 0.420. The molecular weight excluding hydrogens is 104 g/mol. The van der Waals surface area contributed by atoms with Crippen molar-refractivity contribution in [3.8, 4) is 0 Å². The molecule has 0 amide bonds. The summed E-state index contributed by atoms with van der Waals surface area (Å²) >= 11 is 0. The van der Waals surface area contributed by atoms with Crippen LogP contribution in [0.25, 0.3) is 0 Å². The molecule has 0 atom stereocenters. The summed E-state index contributed by atoms with van der Waals surface area (Å²) in [5.74, 6) is 0. The van der Waals surface area contributed by atoms with Gasteiger partial charge in [0.15, 0.2) is 6.29 Å². The molecule has 0 spiro atoms. The quantitative estimate of drug-likeness (QED) is 0.402. The summed E-state index contributed by atoms with van der Waals surface area (Å²) in [7, 11) is 0. The SMILES string of the molecule is O=Cc1ccc[o+]c1. The first kappa shape index (κ1) is 4.97. The minimum atomic E-state index is 0.563. The lowest BCUT2D eigenvalue weighted by Crippen LogP contribution is -1.73. The normalized spacial score (nSPS) is 8.50. The lowest BCUT2D eigenvalue weighted by atomic mass is 10.3. The predicted molar refractivity (Wildman–Crippen MR) is 28.5 cm³/mol. The Labute approximate surface area is 46.8 Å². The number of aldehydes is 1. The molecule has 1 aromatic heterocycles. The highest BCUT2D eigenvalue weighted by Gasteiger charge is 1.91. The van der Waals surface area contributed by atoms with E-state index in [9.17, 15) is 4.79 Å². The first-order chi connectivity index (χ1) is 3.93. The van der Waals surface area contributed by atoms with Crippen molar-refractivity contribution in [2.75, 3.05) is 0 Å². The molecule has 8 heavy (non-hydrogen) atoms. The zero-order valence-electron chi connectivity index (χ0n) is 4.20. The first-order valence-electron chi connectivity index (χ1n) is 2.24. The van der Waals surface area contributed by atoms with Gasteiger partial charge in [-0.1, -0.05) is 0 Å². The van der Waals surface area contributed by atoms with Gasteiger partial charge in [0.2, 0.25) is 0 Å². The number of hydrogen-bond acceptors (Lipinski definition) is 1. The average molecular weight is 109 g/mol. The molecule has 0 unspecified atom stereocenters. The largest absolute Gasteiger partial charge is 0.328 e. The van der Waals surface area contributed by atoms with Crippen molar-refractivity contribution in [3.63, 3.8) is 0 Å². The molecule has 0 aromatic carbocycles. The van der Waals surface area contributed by atoms with E-state index in [1.54, 1.807) is 12.1 Å². The van der Waals surface area contributed by atoms with E-state index >= 15 is 0 Å². The van der Waals surface area contributed by atoms with E-state index in [1.807, 2.05) is 0 Å². The highest BCUT2D eigenvalue weighted by molar-refractivity contribution is 5.73. The Kier molecular flexibility index (Phi) is 1.37. The van der Waals surface area contributed by atoms with E-state index in [2.05, 4.69) is 4.42 Å². The second-order valence-corrected chi connectivity index (χ2v) is 1.37. The van der Waals surface area contributed by atoms with Crippen LogP contribution in [0.5, 0.6) is 0 Å². The monoisotopic (exact) mass is 109 g/mol. The van der Waals surface area contributed by atoms with Crippen LogP contribution < -0.4 is 0 Å². The lowest BCUT2D eigenvalue weighted by Gasteiger charge is -1.71. The van der Waals surface area contributed by atoms with Gasteiger partial charge in [0.1, 0.15) is 5.56 Å². The Morgan fingerprint density at radius 2 is 2.50 bits per heavy atom. The van der Waals surface area contributed by atoms with E-state index in [-0.39, 0.29) is 0 Å². The van der Waals surface area contributed by atoms with E-state index in [4.69, 9.17) is 0 Å². The van der Waals surface area contributed by atoms with Gasteiger partial charge in [0, 0.05) is 6.07 Å². The number of carbonyl (C=O) groups is 1. The maximum absolute atomic E-state index is 9.95. The summed E-state index contributed by atoms with van der Waals surface area (Å²) in [5, 5.41) is 0. The van der Waals surface area contributed by atoms with Gasteiger partial charge in [0.25, 0.3) is 0 Å². The topological polar surface area (TPSA) is 28.4 Å². The molecule has 1 aromatic rings. The fraction of sp³-hybridized carbons (Fsp3) is 0. The van der Waals surface area contributed by atoms with Crippen molar-refractivity contribution in [3.05, 3.63) is 30.2 Å². The molecule has 0 bridgehead atoms. The van der Waals surface area contributed by atoms with E-state index in [0.717, 1.165) is 6.29 Å². The second-order valence-electron chi connectivity index (χ2n) is 1.37. The summed E-state index contributed by atoms with van der Waals surface area (Å²) in [6.45, 7) is 0. The fourth-order valence-corrected chi connectivity index (χ4v) is 0.420. The zero-order chi connectivity index (χ0) is 5.82. The van der Waals surface area contributed by atoms with Gasteiger partial charge < -0.3 is 0 Å². The van der Waals surface area contributed by atoms with Crippen molar-refractivity contribution >= 4 is 6.29 Å². The van der Waals surface area contributed by atoms with Gasteiger partial charge in [0.05, 0.1) is 0 Å². The van der Waals surface area contributed by atoms with Gasteiger partial charge in [-0.05, 0) is 6.07 Å². The zero-order valence-corrected chi connectivity index (χ0v) is 4.20. The third kappa shape index (κ3) is 0.904. The van der Waals surface area contributed by atoms with Crippen LogP contribution in [0.2, 0.25) is 0 Å². The molecule has 0 N–H and O–H groups in total. The number of rotatable bonds is 1. The predicted octanol–water partition coefficient (Wildman–Crippen LogP) is 1.37. The van der Waals surface area contributed by atoms with Crippen molar-refractivity contribution in [2.24, 2.45) is 0 Å². The standard InChI is InChI=1S/C6H5O2/c7-4-6-2-1-3-8-5-6/h1-5H/q+1. The Bertz CT molecular complexity index is 169. The van der Waals surface area contributed by atoms with Crippen LogP contribution >= 0.6 is 0 Å². The number of carbonyl (C=O) groups excluding carboxylic acids is 1. The van der Waals surface area contributed by atoms with E-state index in [1.165, 1.54) is 12.5 Å². The molecule has 1 heterocycles. The molecule has 0 radical (unpaired) electrons. The Hall–Kier alpha value is -1.18. The molecule has 0 aliphatic rings. The summed E-state index contributed by atoms with van der Waals surface area (Å²) in [5.41, 5.74) is 0.563. The molecule has 0 aliphatic heterocycles. The molecule has 40 valence electrons. The Morgan fingerprint density at radius 1 is 1.62 bits per heavy atom. The summed E-state index contributed by atoms with van der Waals surface area (Å²) in [4.78, 5) is 9.95. The van der Waals surface area contributed by atoms with Gasteiger partial charge in [-0.25, -0.2) is 4.42 Å². The molecule has 1 rings (SSSR count). The summed E-state index contributed by atoms with van der Waals surface area (Å²) < 4.78 is 4.67. The van der Waals surface area contributed by atoms with Crippen molar-refractivity contribution in [1.82, 2.24) is 0 Å². The van der Waals surface area contributed by atoms with Crippen LogP contribution in [0.1, 0.15) is 10.4 Å². The van der Waals surface area contributed by atoms with Gasteiger partial charge in [-0.2, -0.15) is 0 Å². The second kappa shape index (κ2) is 2.21. The first-order valence-corrected chi connectivity index (χ1v) is 2.24. The van der Waals surface area contributed by atoms with Crippen LogP contribution in [0.3, 0.4) is 0 Å². The van der Waals surface area contributed by atoms with E-state index < -0.39 is 0 Å². The Morgan fingerprint density at radius 3 is 2.88 bits per heavy atom. The van der Waals surface area contributed by atoms with Crippen LogP contribution in [0.15, 0.2) is 29.1 Å². The van der Waals surface area contributed by atoms with Gasteiger partial charge in [-0.15, -0.1) is 0 Å². The summed E-state index contributed by atoms with van der Waals surface area (Å²) in [6.07, 6.45) is 3.64. The van der Waals surface area contributed by atoms with Crippen LogP contribution in [0.4, 0.5) is 0 Å². The minimum absolute atomic E-state index is 0.563. The van der Waals surface area contributed by atoms with Crippen molar-refractivity contribution < 1.29 is 9.21 Å². The van der Waals surface area contributed by atoms with Gasteiger partial charge >= 0.3 is 12.5 Å². The molecule has 0 aliphatic carbocycles. The Balaban J connectivity index is 2.99. The van der Waals surface area contributed by atoms with Gasteiger partial charge in [-0.3, -0.25) is 4.79 Å². The number of hydrogen-bond donors (Lipinski definition) is 0. The smallest absolute Gasteiger partial charge is 0.298 e. The highest BCUT2D eigenvalue weighted by Crippen LogP contribution is 1.91. The van der Waals surface area contributed by atoms with Crippen LogP contribution in [0, 0.1) is 0 Å². The van der Waals surface area contributed by atoms with E-state index in [0.29, 0.717) is 5.56 Å². The maximum Gasteiger partial charge on any atom is 0.328 e. The third-order valence-electron chi connectivity index (χ3n) is 0.786. The molecule has 2 heteroatoms. The molecular formula is C6H5O2+. The average Bonchev–Trinajstić information content (AvgIpc) is 1.90. The third-order valence-corrected chi connectivity index (χ3v) is 0.786. The summed E-state index contributed by atoms with van der Waals surface area (Å²) in [6, 6.07) is 3.35. The van der Waals surface area contributed by atoms with Crippen molar-refractivity contribution in [1.29, 1.82) is 0 Å². The van der Waals surface area contributed by atoms with Crippen LogP contribution in [-0.4, -0.2) is 6.29 Å². The van der Waals surface area contributed by atoms with Crippen molar-refractivity contribution in [2.45, 2.75) is 0 Å². The molecule has 0 saturated heterocycles. The molecule has 0 saturated carbocycles. The minimum Gasteiger partial charge on any atom is -0.298 e. The molecule has 0 fully saturated rings. The maximum atomic E-state index is 9.95. The van der Waals surface area contributed by atoms with Crippen LogP contribution in [-0.2, 0) is 0 Å². The lowest BCUT2D eigenvalue weighted by molar-refractivity contribution is 0.112. The highest BCUT2D eigenvalue weighted by atomic mass is 16.3. The molecule has 2 nitrogen and oxygen atoms in total.